The minimum absolute atomic E-state index is 0.253. The lowest BCUT2D eigenvalue weighted by Gasteiger charge is -2.11. The van der Waals surface area contributed by atoms with Gasteiger partial charge in [0.1, 0.15) is 11.6 Å². The smallest absolute Gasteiger partial charge is 0.229 e. The summed E-state index contributed by atoms with van der Waals surface area (Å²) in [7, 11) is 0. The molecular weight excluding hydrogens is 321 g/mol. The second-order valence-corrected chi connectivity index (χ2v) is 5.22. The molecule has 0 bridgehead atoms. The molecule has 0 atom stereocenters. The van der Waals surface area contributed by atoms with Crippen molar-refractivity contribution in [1.29, 1.82) is 0 Å². The Labute approximate surface area is 118 Å². The maximum atomic E-state index is 13.7. The van der Waals surface area contributed by atoms with E-state index in [1.54, 1.807) is 10.6 Å². The van der Waals surface area contributed by atoms with E-state index in [-0.39, 0.29) is 11.1 Å². The molecule has 1 heterocycles. The Hall–Kier alpha value is -0.940. The van der Waals surface area contributed by atoms with Crippen LogP contribution >= 0.6 is 27.5 Å². The van der Waals surface area contributed by atoms with Gasteiger partial charge in [-0.1, -0.05) is 6.92 Å². The molecule has 0 fully saturated rings. The Morgan fingerprint density at radius 1 is 1.39 bits per heavy atom. The summed E-state index contributed by atoms with van der Waals surface area (Å²) >= 11 is 9.20. The van der Waals surface area contributed by atoms with Crippen molar-refractivity contribution in [3.05, 3.63) is 39.1 Å². The van der Waals surface area contributed by atoms with Gasteiger partial charge in [-0.2, -0.15) is 0 Å². The molecule has 96 valence electrons. The van der Waals surface area contributed by atoms with Gasteiger partial charge >= 0.3 is 0 Å². The van der Waals surface area contributed by atoms with Gasteiger partial charge in [-0.3, -0.25) is 4.57 Å². The summed E-state index contributed by atoms with van der Waals surface area (Å²) in [5.74, 6) is 0.412. The molecule has 1 aromatic carbocycles. The molecule has 0 spiro atoms. The van der Waals surface area contributed by atoms with Crippen LogP contribution in [0.15, 0.2) is 16.6 Å². The van der Waals surface area contributed by atoms with Crippen LogP contribution in [-0.2, 0) is 6.42 Å². The van der Waals surface area contributed by atoms with Gasteiger partial charge in [0.25, 0.3) is 0 Å². The normalized spacial score (nSPS) is 10.9. The van der Waals surface area contributed by atoms with Crippen molar-refractivity contribution < 1.29 is 4.39 Å². The van der Waals surface area contributed by atoms with E-state index in [4.69, 9.17) is 11.6 Å². The highest BCUT2D eigenvalue weighted by Gasteiger charge is 2.15. The van der Waals surface area contributed by atoms with Crippen LogP contribution in [0.4, 0.5) is 4.39 Å². The second-order valence-electron chi connectivity index (χ2n) is 4.02. The summed E-state index contributed by atoms with van der Waals surface area (Å²) in [5, 5.41) is 8.12. The number of hydrogen-bond acceptors (Lipinski definition) is 2. The summed E-state index contributed by atoms with van der Waals surface area (Å²) in [6, 6.07) is 3.16. The lowest BCUT2D eigenvalue weighted by molar-refractivity contribution is 0.618. The molecule has 2 rings (SSSR count). The molecule has 0 aliphatic heterocycles. The Balaban J connectivity index is 2.61. The fourth-order valence-electron chi connectivity index (χ4n) is 1.80. The van der Waals surface area contributed by atoms with Crippen LogP contribution in [0.3, 0.4) is 0 Å². The van der Waals surface area contributed by atoms with Crippen molar-refractivity contribution in [3.8, 4) is 5.69 Å². The van der Waals surface area contributed by atoms with E-state index < -0.39 is 0 Å². The van der Waals surface area contributed by atoms with E-state index in [9.17, 15) is 4.39 Å². The number of hydrogen-bond donors (Lipinski definition) is 0. The molecule has 0 saturated carbocycles. The van der Waals surface area contributed by atoms with Gasteiger partial charge < -0.3 is 0 Å². The highest BCUT2D eigenvalue weighted by molar-refractivity contribution is 9.10. The van der Waals surface area contributed by atoms with Crippen LogP contribution in [0, 0.1) is 12.7 Å². The maximum Gasteiger partial charge on any atom is 0.229 e. The molecule has 0 aliphatic rings. The summed E-state index contributed by atoms with van der Waals surface area (Å²) < 4.78 is 15.8. The van der Waals surface area contributed by atoms with Crippen molar-refractivity contribution in [1.82, 2.24) is 14.8 Å². The van der Waals surface area contributed by atoms with Gasteiger partial charge in [-0.15, -0.1) is 10.2 Å². The van der Waals surface area contributed by atoms with Gasteiger partial charge in [0, 0.05) is 6.42 Å². The number of aryl methyl sites for hydroxylation is 2. The third-order valence-electron chi connectivity index (χ3n) is 2.64. The Morgan fingerprint density at radius 3 is 2.78 bits per heavy atom. The van der Waals surface area contributed by atoms with E-state index in [1.165, 1.54) is 6.07 Å². The Kier molecular flexibility index (Phi) is 4.02. The zero-order valence-corrected chi connectivity index (χ0v) is 12.4. The largest absolute Gasteiger partial charge is 0.269 e. The number of aromatic nitrogens is 3. The SMILES string of the molecule is CCCc1nnc(Cl)n1-c1cc(F)c(Br)cc1C. The molecular formula is C12H12BrClFN3. The van der Waals surface area contributed by atoms with Crippen LogP contribution in [0.1, 0.15) is 24.7 Å². The molecule has 0 saturated heterocycles. The van der Waals surface area contributed by atoms with E-state index >= 15 is 0 Å². The van der Waals surface area contributed by atoms with Crippen LogP contribution in [-0.4, -0.2) is 14.8 Å². The van der Waals surface area contributed by atoms with Gasteiger partial charge in [0.2, 0.25) is 5.28 Å². The molecule has 0 unspecified atom stereocenters. The average molecular weight is 333 g/mol. The standard InChI is InChI=1S/C12H12BrClFN3/c1-3-4-11-16-17-12(14)18(11)10-6-9(15)8(13)5-7(10)2/h5-6H,3-4H2,1-2H3. The lowest BCUT2D eigenvalue weighted by atomic mass is 10.2. The van der Waals surface area contributed by atoms with Gasteiger partial charge in [-0.25, -0.2) is 4.39 Å². The molecule has 2 aromatic rings. The van der Waals surface area contributed by atoms with Crippen molar-refractivity contribution in [2.75, 3.05) is 0 Å². The highest BCUT2D eigenvalue weighted by Crippen LogP contribution is 2.26. The van der Waals surface area contributed by atoms with Crippen molar-refractivity contribution >= 4 is 27.5 Å². The summed E-state index contributed by atoms with van der Waals surface area (Å²) in [5.41, 5.74) is 1.58. The summed E-state index contributed by atoms with van der Waals surface area (Å²) in [6.45, 7) is 3.94. The fourth-order valence-corrected chi connectivity index (χ4v) is 2.48. The minimum atomic E-state index is -0.331. The van der Waals surface area contributed by atoms with Crippen molar-refractivity contribution in [3.63, 3.8) is 0 Å². The first-order chi connectivity index (χ1) is 8.54. The summed E-state index contributed by atoms with van der Waals surface area (Å²) in [4.78, 5) is 0. The fraction of sp³-hybridized carbons (Fsp3) is 0.333. The zero-order valence-electron chi connectivity index (χ0n) is 10.0. The zero-order chi connectivity index (χ0) is 13.3. The quantitative estimate of drug-likeness (QED) is 0.848. The molecule has 0 N–H and O–H groups in total. The van der Waals surface area contributed by atoms with E-state index in [1.807, 2.05) is 13.8 Å². The monoisotopic (exact) mass is 331 g/mol. The van der Waals surface area contributed by atoms with Crippen LogP contribution in [0.5, 0.6) is 0 Å². The molecule has 0 amide bonds. The van der Waals surface area contributed by atoms with Gasteiger partial charge in [0.15, 0.2) is 0 Å². The second kappa shape index (κ2) is 5.36. The first-order valence-electron chi connectivity index (χ1n) is 5.60. The topological polar surface area (TPSA) is 30.7 Å². The average Bonchev–Trinajstić information content (AvgIpc) is 2.66. The number of benzene rings is 1. The molecule has 0 radical (unpaired) electrons. The lowest BCUT2D eigenvalue weighted by Crippen LogP contribution is -2.04. The van der Waals surface area contributed by atoms with E-state index in [2.05, 4.69) is 26.1 Å². The molecule has 6 heteroatoms. The van der Waals surface area contributed by atoms with E-state index in [0.717, 1.165) is 24.2 Å². The van der Waals surface area contributed by atoms with Gasteiger partial charge in [0.05, 0.1) is 10.2 Å². The highest BCUT2D eigenvalue weighted by atomic mass is 79.9. The third kappa shape index (κ3) is 2.42. The molecule has 3 nitrogen and oxygen atoms in total. The first kappa shape index (κ1) is 13.5. The Morgan fingerprint density at radius 2 is 2.11 bits per heavy atom. The first-order valence-corrected chi connectivity index (χ1v) is 6.77. The number of nitrogens with zero attached hydrogens (tertiary/aromatic N) is 3. The molecule has 0 aliphatic carbocycles. The predicted molar refractivity (Wildman–Crippen MR) is 72.8 cm³/mol. The maximum absolute atomic E-state index is 13.7. The van der Waals surface area contributed by atoms with Crippen LogP contribution in [0.25, 0.3) is 5.69 Å². The number of halogens is 3. The van der Waals surface area contributed by atoms with Crippen molar-refractivity contribution in [2.24, 2.45) is 0 Å². The van der Waals surface area contributed by atoms with Crippen LogP contribution in [0.2, 0.25) is 5.28 Å². The third-order valence-corrected chi connectivity index (χ3v) is 3.50. The van der Waals surface area contributed by atoms with Gasteiger partial charge in [-0.05, 0) is 58.6 Å². The number of rotatable bonds is 3. The summed E-state index contributed by atoms with van der Waals surface area (Å²) in [6.07, 6.45) is 1.67. The predicted octanol–water partition coefficient (Wildman–Crippen LogP) is 4.08. The van der Waals surface area contributed by atoms with Crippen molar-refractivity contribution in [2.45, 2.75) is 26.7 Å². The van der Waals surface area contributed by atoms with Crippen LogP contribution < -0.4 is 0 Å². The molecule has 1 aromatic heterocycles. The van der Waals surface area contributed by atoms with E-state index in [0.29, 0.717) is 10.2 Å². The Bertz CT molecular complexity index is 583. The minimum Gasteiger partial charge on any atom is -0.269 e. The molecule has 18 heavy (non-hydrogen) atoms.